The summed E-state index contributed by atoms with van der Waals surface area (Å²) in [6, 6.07) is 7.80. The van der Waals surface area contributed by atoms with Gasteiger partial charge in [-0.25, -0.2) is 0 Å². The highest BCUT2D eigenvalue weighted by Gasteiger charge is 2.15. The van der Waals surface area contributed by atoms with Crippen LogP contribution in [0.15, 0.2) is 24.3 Å². The van der Waals surface area contributed by atoms with Gasteiger partial charge in [-0.15, -0.1) is 0 Å². The fraction of sp³-hybridized carbons (Fsp3) is 0.500. The molecule has 0 aliphatic carbocycles. The predicted octanol–water partition coefficient (Wildman–Crippen LogP) is 3.87. The van der Waals surface area contributed by atoms with E-state index in [1.54, 1.807) is 0 Å². The van der Waals surface area contributed by atoms with E-state index in [2.05, 4.69) is 20.8 Å². The van der Waals surface area contributed by atoms with Crippen molar-refractivity contribution in [1.29, 1.82) is 0 Å². The first-order valence-corrected chi connectivity index (χ1v) is 6.40. The molecular formula is C12H18ClNS. The molecule has 3 heteroatoms. The molecule has 0 bridgehead atoms. The van der Waals surface area contributed by atoms with Crippen molar-refractivity contribution in [2.24, 2.45) is 5.73 Å². The number of rotatable bonds is 3. The Morgan fingerprint density at radius 2 is 1.93 bits per heavy atom. The molecule has 1 unspecified atom stereocenters. The average molecular weight is 244 g/mol. The molecule has 1 aromatic rings. The fourth-order valence-corrected chi connectivity index (χ4v) is 2.34. The van der Waals surface area contributed by atoms with Crippen LogP contribution in [0.2, 0.25) is 5.02 Å². The molecule has 0 amide bonds. The number of nitrogens with two attached hydrogens (primary N) is 1. The summed E-state index contributed by atoms with van der Waals surface area (Å²) in [6.07, 6.45) is 0. The second kappa shape index (κ2) is 5.24. The van der Waals surface area contributed by atoms with Gasteiger partial charge in [-0.3, -0.25) is 0 Å². The largest absolute Gasteiger partial charge is 0.323 e. The summed E-state index contributed by atoms with van der Waals surface area (Å²) in [6.45, 7) is 6.57. The highest BCUT2D eigenvalue weighted by atomic mass is 35.5. The molecule has 2 N–H and O–H groups in total. The van der Waals surface area contributed by atoms with Crippen molar-refractivity contribution < 1.29 is 0 Å². The van der Waals surface area contributed by atoms with Crippen molar-refractivity contribution in [3.05, 3.63) is 34.9 Å². The second-order valence-corrected chi connectivity index (χ2v) is 6.81. The Bertz CT molecular complexity index is 320. The minimum atomic E-state index is 0.0166. The molecule has 0 aliphatic heterocycles. The number of halogens is 1. The fourth-order valence-electron chi connectivity index (χ4n) is 1.21. The van der Waals surface area contributed by atoms with Gasteiger partial charge in [0.25, 0.3) is 0 Å². The quantitative estimate of drug-likeness (QED) is 0.872. The van der Waals surface area contributed by atoms with E-state index < -0.39 is 0 Å². The summed E-state index contributed by atoms with van der Waals surface area (Å²) in [4.78, 5) is 0. The third-order valence-corrected chi connectivity index (χ3v) is 3.74. The molecule has 0 radical (unpaired) electrons. The van der Waals surface area contributed by atoms with Gasteiger partial charge in [-0.1, -0.05) is 50.6 Å². The van der Waals surface area contributed by atoms with Crippen LogP contribution in [0.25, 0.3) is 0 Å². The maximum Gasteiger partial charge on any atom is 0.0454 e. The third kappa shape index (κ3) is 4.45. The van der Waals surface area contributed by atoms with Crippen molar-refractivity contribution in [2.45, 2.75) is 31.6 Å². The zero-order chi connectivity index (χ0) is 11.5. The van der Waals surface area contributed by atoms with Crippen LogP contribution in [0.3, 0.4) is 0 Å². The number of thioether (sulfide) groups is 1. The predicted molar refractivity (Wildman–Crippen MR) is 70.6 cm³/mol. The van der Waals surface area contributed by atoms with Gasteiger partial charge < -0.3 is 5.73 Å². The molecule has 0 saturated carbocycles. The Hall–Kier alpha value is -0.180. The van der Waals surface area contributed by atoms with Gasteiger partial charge in [0.05, 0.1) is 0 Å². The average Bonchev–Trinajstić information content (AvgIpc) is 2.14. The number of hydrogen-bond acceptors (Lipinski definition) is 2. The zero-order valence-corrected chi connectivity index (χ0v) is 11.0. The molecule has 0 spiro atoms. The van der Waals surface area contributed by atoms with E-state index in [0.717, 1.165) is 16.3 Å². The molecule has 84 valence electrons. The van der Waals surface area contributed by atoms with Gasteiger partial charge in [0.1, 0.15) is 0 Å². The van der Waals surface area contributed by atoms with Crippen molar-refractivity contribution in [3.63, 3.8) is 0 Å². The van der Waals surface area contributed by atoms with Gasteiger partial charge in [0, 0.05) is 21.6 Å². The monoisotopic (exact) mass is 243 g/mol. The second-order valence-electron chi connectivity index (χ2n) is 4.55. The summed E-state index contributed by atoms with van der Waals surface area (Å²) in [5.74, 6) is 0.896. The normalized spacial score (nSPS) is 13.9. The highest BCUT2D eigenvalue weighted by molar-refractivity contribution is 8.00. The molecule has 1 nitrogen and oxygen atoms in total. The summed E-state index contributed by atoms with van der Waals surface area (Å²) in [7, 11) is 0. The van der Waals surface area contributed by atoms with Crippen LogP contribution in [0.5, 0.6) is 0 Å². The Kier molecular flexibility index (Phi) is 4.50. The van der Waals surface area contributed by atoms with E-state index in [9.17, 15) is 0 Å². The SMILES string of the molecule is CC(C)(C)SCC(N)c1ccccc1Cl. The van der Waals surface area contributed by atoms with Crippen LogP contribution in [0, 0.1) is 0 Å². The maximum absolute atomic E-state index is 6.10. The number of benzene rings is 1. The van der Waals surface area contributed by atoms with E-state index >= 15 is 0 Å². The summed E-state index contributed by atoms with van der Waals surface area (Å²) in [5, 5.41) is 0.763. The molecule has 0 saturated heterocycles. The molecule has 0 fully saturated rings. The van der Waals surface area contributed by atoms with E-state index in [0.29, 0.717) is 0 Å². The Balaban J connectivity index is 2.62. The highest BCUT2D eigenvalue weighted by Crippen LogP contribution is 2.29. The smallest absolute Gasteiger partial charge is 0.0454 e. The first-order valence-electron chi connectivity index (χ1n) is 5.04. The lowest BCUT2D eigenvalue weighted by molar-refractivity contribution is 0.779. The third-order valence-electron chi connectivity index (χ3n) is 2.00. The zero-order valence-electron chi connectivity index (χ0n) is 9.46. The van der Waals surface area contributed by atoms with Crippen LogP contribution >= 0.6 is 23.4 Å². The first-order chi connectivity index (χ1) is 6.90. The lowest BCUT2D eigenvalue weighted by Crippen LogP contribution is -2.18. The lowest BCUT2D eigenvalue weighted by atomic mass is 10.1. The van der Waals surface area contributed by atoms with Crippen molar-refractivity contribution in [1.82, 2.24) is 0 Å². The minimum Gasteiger partial charge on any atom is -0.323 e. The van der Waals surface area contributed by atoms with Gasteiger partial charge in [-0.2, -0.15) is 11.8 Å². The first kappa shape index (κ1) is 12.9. The molecule has 0 aromatic heterocycles. The molecule has 0 heterocycles. The van der Waals surface area contributed by atoms with Crippen molar-refractivity contribution in [2.75, 3.05) is 5.75 Å². The topological polar surface area (TPSA) is 26.0 Å². The van der Waals surface area contributed by atoms with E-state index in [1.807, 2.05) is 36.0 Å². The van der Waals surface area contributed by atoms with Crippen LogP contribution in [0.1, 0.15) is 32.4 Å². The standard InChI is InChI=1S/C12H18ClNS/c1-12(2,3)15-8-11(14)9-6-4-5-7-10(9)13/h4-7,11H,8,14H2,1-3H3. The molecule has 1 atom stereocenters. The van der Waals surface area contributed by atoms with Crippen LogP contribution in [-0.2, 0) is 0 Å². The Morgan fingerprint density at radius 1 is 1.33 bits per heavy atom. The Morgan fingerprint density at radius 3 is 2.47 bits per heavy atom. The van der Waals surface area contributed by atoms with Crippen LogP contribution in [0.4, 0.5) is 0 Å². The molecular weight excluding hydrogens is 226 g/mol. The van der Waals surface area contributed by atoms with Gasteiger partial charge in [0.15, 0.2) is 0 Å². The molecule has 1 rings (SSSR count). The van der Waals surface area contributed by atoms with Crippen LogP contribution < -0.4 is 5.73 Å². The van der Waals surface area contributed by atoms with Gasteiger partial charge >= 0.3 is 0 Å². The summed E-state index contributed by atoms with van der Waals surface area (Å²) >= 11 is 7.94. The van der Waals surface area contributed by atoms with E-state index in [-0.39, 0.29) is 10.8 Å². The molecule has 0 aliphatic rings. The minimum absolute atomic E-state index is 0.0166. The van der Waals surface area contributed by atoms with Crippen LogP contribution in [-0.4, -0.2) is 10.5 Å². The van der Waals surface area contributed by atoms with Gasteiger partial charge in [-0.05, 0) is 11.6 Å². The van der Waals surface area contributed by atoms with Crippen molar-refractivity contribution >= 4 is 23.4 Å². The summed E-state index contributed by atoms with van der Waals surface area (Å²) < 4.78 is 0.249. The lowest BCUT2D eigenvalue weighted by Gasteiger charge is -2.21. The Labute approximate surface area is 101 Å². The van der Waals surface area contributed by atoms with Crippen molar-refractivity contribution in [3.8, 4) is 0 Å². The maximum atomic E-state index is 6.10. The van der Waals surface area contributed by atoms with E-state index in [4.69, 9.17) is 17.3 Å². The molecule has 15 heavy (non-hydrogen) atoms. The summed E-state index contributed by atoms with van der Waals surface area (Å²) in [5.41, 5.74) is 7.14. The van der Waals surface area contributed by atoms with Gasteiger partial charge in [0.2, 0.25) is 0 Å². The van der Waals surface area contributed by atoms with E-state index in [1.165, 1.54) is 0 Å². The molecule has 1 aromatic carbocycles. The number of hydrogen-bond donors (Lipinski definition) is 1.